The number of aliphatic hydroxyl groups excluding tert-OH is 1. The Morgan fingerprint density at radius 2 is 0.812 bits per heavy atom. The molecule has 0 spiro atoms. The van der Waals surface area contributed by atoms with Gasteiger partial charge in [-0.05, 0) is 37.7 Å². The summed E-state index contributed by atoms with van der Waals surface area (Å²) in [4.78, 5) is 29.7. The van der Waals surface area contributed by atoms with Crippen molar-refractivity contribution in [1.29, 1.82) is 0 Å². The maximum Gasteiger partial charge on any atom is 0.234 e. The van der Waals surface area contributed by atoms with Crippen molar-refractivity contribution in [2.24, 2.45) is 4.99 Å². The highest BCUT2D eigenvalue weighted by molar-refractivity contribution is 6.07. The first-order chi connectivity index (χ1) is 31.4. The van der Waals surface area contributed by atoms with Gasteiger partial charge in [0, 0.05) is 0 Å². The Morgan fingerprint density at radius 3 is 1.03 bits per heavy atom. The molecule has 64 heavy (non-hydrogen) atoms. The highest BCUT2D eigenvalue weighted by atomic mass is 16.3. The normalized spacial score (nSPS) is 21.7. The van der Waals surface area contributed by atoms with Gasteiger partial charge in [0.15, 0.2) is 0 Å². The van der Waals surface area contributed by atoms with Gasteiger partial charge < -0.3 is 15.5 Å². The summed E-state index contributed by atoms with van der Waals surface area (Å²) in [6.07, 6.45) is 61.8. The quantitative estimate of drug-likeness (QED) is 0.264. The molecule has 1 aromatic carbocycles. The van der Waals surface area contributed by atoms with Crippen LogP contribution < -0.4 is 5.32 Å². The number of ketones is 1. The van der Waals surface area contributed by atoms with Gasteiger partial charge >= 0.3 is 0 Å². The van der Waals surface area contributed by atoms with Gasteiger partial charge in [-0.15, -0.1) is 0 Å². The second-order valence-corrected chi connectivity index (χ2v) is 19.7. The number of aliphatic imine (C=N–C) groups is 1. The van der Waals surface area contributed by atoms with Crippen LogP contribution in [0, 0.1) is 0 Å². The lowest BCUT2D eigenvalue weighted by Crippen LogP contribution is -2.52. The lowest BCUT2D eigenvalue weighted by molar-refractivity contribution is -0.130. The number of likely N-dealkylation sites (N-methyl/N-ethyl adjacent to an activating group) is 1. The number of aliphatic hydroxyl groups is 1. The van der Waals surface area contributed by atoms with Gasteiger partial charge in [-0.2, -0.15) is 0 Å². The molecule has 4 aliphatic rings. The van der Waals surface area contributed by atoms with E-state index in [1.54, 1.807) is 37.4 Å². The van der Waals surface area contributed by atoms with Gasteiger partial charge in [-0.3, -0.25) is 14.5 Å². The largest absolute Gasteiger partial charge is 0.508 e. The van der Waals surface area contributed by atoms with Crippen LogP contribution in [-0.2, 0) is 9.59 Å². The molecule has 0 bridgehead atoms. The van der Waals surface area contributed by atoms with Crippen molar-refractivity contribution in [3.63, 3.8) is 0 Å². The Kier molecular flexibility index (Phi) is 37.7. The third-order valence-corrected chi connectivity index (χ3v) is 13.6. The Morgan fingerprint density at radius 1 is 0.547 bits per heavy atom. The zero-order valence-electron chi connectivity index (χ0n) is 42.0. The van der Waals surface area contributed by atoms with Crippen LogP contribution in [0.4, 0.5) is 0 Å². The van der Waals surface area contributed by atoms with Crippen LogP contribution in [0.3, 0.4) is 0 Å². The molecule has 368 valence electrons. The van der Waals surface area contributed by atoms with Crippen LogP contribution in [-0.4, -0.2) is 58.9 Å². The summed E-state index contributed by atoms with van der Waals surface area (Å²) in [6, 6.07) is 5.98. The zero-order valence-corrected chi connectivity index (χ0v) is 42.0. The van der Waals surface area contributed by atoms with Crippen molar-refractivity contribution in [3.8, 4) is 5.75 Å². The van der Waals surface area contributed by atoms with E-state index in [2.05, 4.69) is 10.3 Å². The first-order valence-corrected chi connectivity index (χ1v) is 27.6. The molecular formula is C57H101N3O4. The highest BCUT2D eigenvalue weighted by Crippen LogP contribution is 2.22. The van der Waals surface area contributed by atoms with Gasteiger partial charge in [0.25, 0.3) is 0 Å². The van der Waals surface area contributed by atoms with E-state index in [1.807, 2.05) is 0 Å². The Bertz CT molecular complexity index is 1150. The summed E-state index contributed by atoms with van der Waals surface area (Å²) in [5, 5.41) is 21.7. The fourth-order valence-electron chi connectivity index (χ4n) is 9.50. The van der Waals surface area contributed by atoms with Crippen molar-refractivity contribution in [3.05, 3.63) is 35.5 Å². The molecule has 3 aliphatic carbocycles. The van der Waals surface area contributed by atoms with Gasteiger partial charge in [0.1, 0.15) is 17.4 Å². The summed E-state index contributed by atoms with van der Waals surface area (Å²) >= 11 is 0. The van der Waals surface area contributed by atoms with Crippen LogP contribution in [0.15, 0.2) is 35.0 Å². The topological polar surface area (TPSA) is 102 Å². The molecule has 1 amide bonds. The number of phenols is 1. The van der Waals surface area contributed by atoms with E-state index in [4.69, 9.17) is 0 Å². The SMILES string of the molecule is C1CCCCCCC1.C1CCCCCCCCCC1.C1CCCCCCCCCCCCCCCCCCCC1.CNC(CO)C1=N/C(=C\c2ccc(O)cc2)CC(=O)N1CC(C)=O. The molecule has 7 nitrogen and oxygen atoms in total. The van der Waals surface area contributed by atoms with E-state index < -0.39 is 6.04 Å². The molecule has 5 rings (SSSR count). The number of nitrogens with one attached hydrogen (secondary N) is 1. The number of carbonyl (C=O) groups excluding carboxylic acids is 2. The summed E-state index contributed by atoms with van der Waals surface area (Å²) in [5.41, 5.74) is 1.33. The first-order valence-electron chi connectivity index (χ1n) is 27.6. The minimum atomic E-state index is -0.545. The number of aromatic hydroxyl groups is 1. The van der Waals surface area contributed by atoms with Crippen molar-refractivity contribution in [2.75, 3.05) is 20.2 Å². The van der Waals surface area contributed by atoms with Crippen molar-refractivity contribution in [1.82, 2.24) is 10.2 Å². The third kappa shape index (κ3) is 32.2. The van der Waals surface area contributed by atoms with Gasteiger partial charge in [-0.25, -0.2) is 4.99 Å². The molecule has 3 N–H and O–H groups in total. The summed E-state index contributed by atoms with van der Waals surface area (Å²) in [6.45, 7) is 1.09. The van der Waals surface area contributed by atoms with Gasteiger partial charge in [-0.1, -0.05) is 269 Å². The minimum Gasteiger partial charge on any atom is -0.508 e. The first kappa shape index (κ1) is 57.6. The zero-order chi connectivity index (χ0) is 46.0. The maximum absolute atomic E-state index is 12.4. The monoisotopic (exact) mass is 892 g/mol. The lowest BCUT2D eigenvalue weighted by atomic mass is 10.0. The summed E-state index contributed by atoms with van der Waals surface area (Å²) in [5.74, 6) is 0.0874. The fourth-order valence-corrected chi connectivity index (χ4v) is 9.50. The summed E-state index contributed by atoms with van der Waals surface area (Å²) in [7, 11) is 1.65. The molecule has 1 aromatic rings. The molecule has 0 saturated heterocycles. The number of amidine groups is 1. The number of hydrogen-bond donors (Lipinski definition) is 3. The number of rotatable bonds is 6. The van der Waals surface area contributed by atoms with Crippen LogP contribution in [0.5, 0.6) is 5.75 Å². The van der Waals surface area contributed by atoms with E-state index >= 15 is 0 Å². The van der Waals surface area contributed by atoms with Crippen molar-refractivity contribution < 1.29 is 19.8 Å². The molecule has 0 radical (unpaired) electrons. The van der Waals surface area contributed by atoms with E-state index in [0.717, 1.165) is 5.56 Å². The van der Waals surface area contributed by atoms with E-state index in [-0.39, 0.29) is 37.0 Å². The molecule has 3 saturated carbocycles. The standard InChI is InChI=1S/C21H42.C17H21N3O4.C11H22.C8H16/c1-2-4-6-8-10-12-14-16-18-20-21-19-17-15-13-11-9-7-5-3-1;1-11(22)9-20-16(24)8-13(19-17(20)15(10-21)18-2)7-12-3-5-14(23)6-4-12;1-2-4-6-8-10-11-9-7-5-3-1;1-2-4-6-8-7-5-3-1/h1-21H2;3-7,15,18,21,23H,8-10H2,1-2H3;1-11H2;1-8H2/b;13-7-;;. The van der Waals surface area contributed by atoms with E-state index in [1.165, 1.54) is 269 Å². The molecule has 1 aliphatic heterocycles. The smallest absolute Gasteiger partial charge is 0.234 e. The van der Waals surface area contributed by atoms with Crippen molar-refractivity contribution >= 4 is 23.6 Å². The molecular weight excluding hydrogens is 791 g/mol. The van der Waals surface area contributed by atoms with Crippen LogP contribution in [0.2, 0.25) is 0 Å². The number of nitrogens with zero attached hydrogens (tertiary/aromatic N) is 2. The Hall–Kier alpha value is -2.51. The van der Waals surface area contributed by atoms with Gasteiger partial charge in [0.2, 0.25) is 5.91 Å². The van der Waals surface area contributed by atoms with Crippen LogP contribution in [0.25, 0.3) is 6.08 Å². The predicted molar refractivity (Wildman–Crippen MR) is 275 cm³/mol. The number of hydrogen-bond acceptors (Lipinski definition) is 6. The second-order valence-electron chi connectivity index (χ2n) is 19.7. The summed E-state index contributed by atoms with van der Waals surface area (Å²) < 4.78 is 0. The molecule has 1 atom stereocenters. The average Bonchev–Trinajstić information content (AvgIpc) is 3.35. The molecule has 7 heteroatoms. The second kappa shape index (κ2) is 41.9. The molecule has 1 heterocycles. The third-order valence-electron chi connectivity index (χ3n) is 13.6. The number of Topliss-reactive ketones (excluding diaryl/α,β-unsaturated/α-hetero) is 1. The molecule has 1 unspecified atom stereocenters. The van der Waals surface area contributed by atoms with Crippen LogP contribution >= 0.6 is 0 Å². The van der Waals surface area contributed by atoms with Crippen LogP contribution in [0.1, 0.15) is 276 Å². The van der Waals surface area contributed by atoms with E-state index in [9.17, 15) is 19.8 Å². The van der Waals surface area contributed by atoms with Crippen molar-refractivity contribution in [2.45, 2.75) is 276 Å². The number of benzene rings is 1. The Balaban J connectivity index is 0.000000317. The average molecular weight is 892 g/mol. The fraction of sp³-hybridized carbons (Fsp3) is 0.807. The van der Waals surface area contributed by atoms with Gasteiger partial charge in [0.05, 0.1) is 31.3 Å². The number of carbonyl (C=O) groups is 2. The lowest BCUT2D eigenvalue weighted by Gasteiger charge is -2.31. The Labute approximate surface area is 394 Å². The highest BCUT2D eigenvalue weighted by Gasteiger charge is 2.31. The maximum atomic E-state index is 12.4. The van der Waals surface area contributed by atoms with E-state index in [0.29, 0.717) is 11.5 Å². The predicted octanol–water partition coefficient (Wildman–Crippen LogP) is 16.1. The minimum absolute atomic E-state index is 0.0671. The number of amides is 1. The molecule has 0 aromatic heterocycles. The molecule has 3 fully saturated rings. The number of phenolic OH excluding ortho intramolecular Hbond substituents is 1.